The van der Waals surface area contributed by atoms with Crippen LogP contribution in [0, 0.1) is 5.92 Å². The van der Waals surface area contributed by atoms with Crippen LogP contribution < -0.4 is 10.6 Å². The topological polar surface area (TPSA) is 59.8 Å². The van der Waals surface area contributed by atoms with E-state index in [-0.39, 0.29) is 24.0 Å². The highest BCUT2D eigenvalue weighted by atomic mass is 127. The number of guanidine groups is 1. The molecule has 6 nitrogen and oxygen atoms in total. The Hall–Kier alpha value is -0.800. The molecule has 1 aromatic rings. The summed E-state index contributed by atoms with van der Waals surface area (Å²) in [7, 11) is 1.79. The molecule has 0 aromatic carbocycles. The molecule has 0 aliphatic carbocycles. The average Bonchev–Trinajstić information content (AvgIpc) is 3.22. The number of hydrogen-bond donors (Lipinski definition) is 2. The second-order valence-corrected chi connectivity index (χ2v) is 5.50. The predicted octanol–water partition coefficient (Wildman–Crippen LogP) is 1.71. The first-order valence-electron chi connectivity index (χ1n) is 8.09. The van der Waals surface area contributed by atoms with Gasteiger partial charge in [-0.25, -0.2) is 0 Å². The van der Waals surface area contributed by atoms with E-state index in [1.807, 2.05) is 12.1 Å². The molecule has 1 unspecified atom stereocenters. The zero-order valence-electron chi connectivity index (χ0n) is 13.9. The largest absolute Gasteiger partial charge is 0.381 e. The van der Waals surface area contributed by atoms with Gasteiger partial charge in [-0.3, -0.25) is 4.99 Å². The molecular weight excluding hydrogens is 407 g/mol. The highest BCUT2D eigenvalue weighted by Gasteiger charge is 2.15. The lowest BCUT2D eigenvalue weighted by molar-refractivity contribution is 0.0888. The maximum absolute atomic E-state index is 5.68. The fourth-order valence-electron chi connectivity index (χ4n) is 2.39. The van der Waals surface area contributed by atoms with Crippen LogP contribution in [0.5, 0.6) is 0 Å². The van der Waals surface area contributed by atoms with E-state index in [2.05, 4.69) is 32.6 Å². The molecule has 2 N–H and O–H groups in total. The molecule has 2 rings (SSSR count). The number of halogens is 1. The maximum atomic E-state index is 5.68. The van der Waals surface area contributed by atoms with Crippen molar-refractivity contribution in [2.24, 2.45) is 10.9 Å². The normalized spacial score (nSPS) is 17.8. The minimum absolute atomic E-state index is 0. The zero-order chi connectivity index (χ0) is 15.5. The maximum Gasteiger partial charge on any atom is 0.191 e. The van der Waals surface area contributed by atoms with Gasteiger partial charge in [0.15, 0.2) is 5.96 Å². The molecule has 1 atom stereocenters. The van der Waals surface area contributed by atoms with Gasteiger partial charge in [-0.05, 0) is 25.0 Å². The minimum Gasteiger partial charge on any atom is -0.381 e. The van der Waals surface area contributed by atoms with Gasteiger partial charge >= 0.3 is 0 Å². The van der Waals surface area contributed by atoms with Crippen molar-refractivity contribution in [3.63, 3.8) is 0 Å². The summed E-state index contributed by atoms with van der Waals surface area (Å²) in [5.41, 5.74) is 0. The van der Waals surface area contributed by atoms with Crippen molar-refractivity contribution in [3.05, 3.63) is 24.5 Å². The van der Waals surface area contributed by atoms with Gasteiger partial charge in [-0.1, -0.05) is 0 Å². The van der Waals surface area contributed by atoms with Crippen LogP contribution in [0.3, 0.4) is 0 Å². The third kappa shape index (κ3) is 8.57. The Morgan fingerprint density at radius 2 is 2.09 bits per heavy atom. The van der Waals surface area contributed by atoms with Crippen LogP contribution in [0.1, 0.15) is 12.8 Å². The quantitative estimate of drug-likeness (QED) is 0.268. The lowest BCUT2D eigenvalue weighted by Crippen LogP contribution is -2.39. The molecular formula is C16H29IN4O2. The molecule has 0 bridgehead atoms. The third-order valence-corrected chi connectivity index (χ3v) is 3.69. The number of hydrogen-bond acceptors (Lipinski definition) is 3. The van der Waals surface area contributed by atoms with E-state index in [0.29, 0.717) is 5.92 Å². The summed E-state index contributed by atoms with van der Waals surface area (Å²) in [5.74, 6) is 1.44. The Kier molecular flexibility index (Phi) is 11.1. The van der Waals surface area contributed by atoms with Gasteiger partial charge in [-0.2, -0.15) is 0 Å². The van der Waals surface area contributed by atoms with Crippen LogP contribution in [-0.4, -0.2) is 57.1 Å². The molecule has 1 saturated heterocycles. The molecule has 0 amide bonds. The highest BCUT2D eigenvalue weighted by Crippen LogP contribution is 2.12. The summed E-state index contributed by atoms with van der Waals surface area (Å²) in [6, 6.07) is 4.07. The van der Waals surface area contributed by atoms with Crippen molar-refractivity contribution in [3.8, 4) is 0 Å². The van der Waals surface area contributed by atoms with Crippen molar-refractivity contribution in [2.45, 2.75) is 19.4 Å². The van der Waals surface area contributed by atoms with E-state index < -0.39 is 0 Å². The van der Waals surface area contributed by atoms with Crippen LogP contribution in [0.2, 0.25) is 0 Å². The van der Waals surface area contributed by atoms with Gasteiger partial charge in [0.05, 0.1) is 13.2 Å². The SMILES string of the molecule is CN=C(NCCCOCC1CCOC1)NCCn1cccc1.I. The van der Waals surface area contributed by atoms with E-state index in [4.69, 9.17) is 9.47 Å². The van der Waals surface area contributed by atoms with Crippen molar-refractivity contribution < 1.29 is 9.47 Å². The molecule has 0 saturated carbocycles. The molecule has 1 fully saturated rings. The van der Waals surface area contributed by atoms with Gasteiger partial charge in [0.2, 0.25) is 0 Å². The summed E-state index contributed by atoms with van der Waals surface area (Å²) in [5, 5.41) is 6.61. The van der Waals surface area contributed by atoms with E-state index in [1.165, 1.54) is 0 Å². The number of aliphatic imine (C=N–C) groups is 1. The Balaban J connectivity index is 0.00000264. The molecule has 7 heteroatoms. The number of ether oxygens (including phenoxy) is 2. The molecule has 1 aliphatic rings. The molecule has 23 heavy (non-hydrogen) atoms. The van der Waals surface area contributed by atoms with Crippen LogP contribution in [0.15, 0.2) is 29.5 Å². The van der Waals surface area contributed by atoms with Gasteiger partial charge in [0, 0.05) is 58.2 Å². The molecule has 1 aliphatic heterocycles. The van der Waals surface area contributed by atoms with Crippen molar-refractivity contribution in [1.82, 2.24) is 15.2 Å². The first kappa shape index (κ1) is 20.2. The summed E-state index contributed by atoms with van der Waals surface area (Å²) >= 11 is 0. The first-order chi connectivity index (χ1) is 10.9. The monoisotopic (exact) mass is 436 g/mol. The summed E-state index contributed by atoms with van der Waals surface area (Å²) in [6.07, 6.45) is 6.23. The summed E-state index contributed by atoms with van der Waals surface area (Å²) < 4.78 is 13.1. The highest BCUT2D eigenvalue weighted by molar-refractivity contribution is 14.0. The Morgan fingerprint density at radius 3 is 2.78 bits per heavy atom. The summed E-state index contributed by atoms with van der Waals surface area (Å²) in [4.78, 5) is 4.22. The third-order valence-electron chi connectivity index (χ3n) is 3.69. The molecule has 1 aromatic heterocycles. The van der Waals surface area contributed by atoms with Crippen LogP contribution in [0.25, 0.3) is 0 Å². The fraction of sp³-hybridized carbons (Fsp3) is 0.688. The lowest BCUT2D eigenvalue weighted by atomic mass is 10.1. The van der Waals surface area contributed by atoms with Crippen molar-refractivity contribution >= 4 is 29.9 Å². The first-order valence-corrected chi connectivity index (χ1v) is 8.09. The van der Waals surface area contributed by atoms with Crippen molar-refractivity contribution in [1.29, 1.82) is 0 Å². The van der Waals surface area contributed by atoms with Crippen LogP contribution in [0.4, 0.5) is 0 Å². The average molecular weight is 436 g/mol. The molecule has 0 radical (unpaired) electrons. The number of aromatic nitrogens is 1. The van der Waals surface area contributed by atoms with E-state index >= 15 is 0 Å². The second-order valence-electron chi connectivity index (χ2n) is 5.50. The van der Waals surface area contributed by atoms with Crippen LogP contribution >= 0.6 is 24.0 Å². The van der Waals surface area contributed by atoms with Gasteiger partial charge in [0.25, 0.3) is 0 Å². The second kappa shape index (κ2) is 12.6. The van der Waals surface area contributed by atoms with Gasteiger partial charge in [0.1, 0.15) is 0 Å². The number of rotatable bonds is 9. The van der Waals surface area contributed by atoms with E-state index in [1.54, 1.807) is 7.05 Å². The molecule has 132 valence electrons. The Bertz CT molecular complexity index is 420. The van der Waals surface area contributed by atoms with E-state index in [9.17, 15) is 0 Å². The zero-order valence-corrected chi connectivity index (χ0v) is 16.2. The molecule has 2 heterocycles. The predicted molar refractivity (Wildman–Crippen MR) is 104 cm³/mol. The van der Waals surface area contributed by atoms with Gasteiger partial charge in [-0.15, -0.1) is 24.0 Å². The van der Waals surface area contributed by atoms with Crippen LogP contribution in [-0.2, 0) is 16.0 Å². The number of nitrogens with zero attached hydrogens (tertiary/aromatic N) is 2. The Morgan fingerprint density at radius 1 is 1.30 bits per heavy atom. The van der Waals surface area contributed by atoms with E-state index in [0.717, 1.165) is 64.9 Å². The molecule has 0 spiro atoms. The standard InChI is InChI=1S/C16H28N4O2.HI/c1-17-16(19-7-10-20-8-2-3-9-20)18-6-4-11-21-13-15-5-12-22-14-15;/h2-3,8-9,15H,4-7,10-14H2,1H3,(H2,17,18,19);1H. The fourth-order valence-corrected chi connectivity index (χ4v) is 2.39. The smallest absolute Gasteiger partial charge is 0.191 e. The van der Waals surface area contributed by atoms with Crippen molar-refractivity contribution in [2.75, 3.05) is 46.6 Å². The lowest BCUT2D eigenvalue weighted by Gasteiger charge is -2.13. The van der Waals surface area contributed by atoms with Gasteiger partial charge < -0.3 is 24.7 Å². The number of nitrogens with one attached hydrogen (secondary N) is 2. The summed E-state index contributed by atoms with van der Waals surface area (Å²) in [6.45, 7) is 6.00. The minimum atomic E-state index is 0. The Labute approximate surface area is 156 Å².